The number of guanidine groups is 1. The van der Waals surface area contributed by atoms with Gasteiger partial charge in [0.25, 0.3) is 0 Å². The molecule has 2 aromatic rings. The summed E-state index contributed by atoms with van der Waals surface area (Å²) in [5.41, 5.74) is 1.02. The standard InChI is InChI=1S/C18H27N5O.HI/c1-5-19-17(21-11-9-14-8-6-7-10-20-14)23-13-16-22-12-15(24-16)18(2,3)4;/h6-8,10,12H,5,9,11,13H2,1-4H3,(H2,19,21,23);1H. The van der Waals surface area contributed by atoms with Crippen molar-refractivity contribution in [2.24, 2.45) is 4.99 Å². The molecule has 0 aromatic carbocycles. The molecular formula is C18H28IN5O. The average molecular weight is 457 g/mol. The van der Waals surface area contributed by atoms with Crippen LogP contribution in [0.3, 0.4) is 0 Å². The zero-order chi connectivity index (χ0) is 17.4. The molecule has 0 atom stereocenters. The lowest BCUT2D eigenvalue weighted by Gasteiger charge is -2.13. The fraction of sp³-hybridized carbons (Fsp3) is 0.500. The maximum atomic E-state index is 5.77. The molecule has 6 nitrogen and oxygen atoms in total. The molecule has 25 heavy (non-hydrogen) atoms. The predicted octanol–water partition coefficient (Wildman–Crippen LogP) is 3.28. The summed E-state index contributed by atoms with van der Waals surface area (Å²) in [4.78, 5) is 13.1. The Morgan fingerprint density at radius 2 is 2.00 bits per heavy atom. The number of oxazole rings is 1. The van der Waals surface area contributed by atoms with E-state index in [1.54, 1.807) is 6.20 Å². The Kier molecular flexibility index (Phi) is 8.88. The highest BCUT2D eigenvalue weighted by atomic mass is 127. The third-order valence-corrected chi connectivity index (χ3v) is 3.41. The first-order chi connectivity index (χ1) is 11.5. The minimum absolute atomic E-state index is 0. The minimum atomic E-state index is -0.0413. The van der Waals surface area contributed by atoms with Crippen LogP contribution in [0.1, 0.15) is 45.0 Å². The van der Waals surface area contributed by atoms with Gasteiger partial charge < -0.3 is 15.1 Å². The van der Waals surface area contributed by atoms with Crippen molar-refractivity contribution in [3.05, 3.63) is 47.9 Å². The van der Waals surface area contributed by atoms with E-state index in [0.29, 0.717) is 12.4 Å². The van der Waals surface area contributed by atoms with Crippen molar-refractivity contribution in [2.75, 3.05) is 13.1 Å². The van der Waals surface area contributed by atoms with E-state index < -0.39 is 0 Å². The van der Waals surface area contributed by atoms with E-state index in [9.17, 15) is 0 Å². The maximum absolute atomic E-state index is 5.77. The first-order valence-electron chi connectivity index (χ1n) is 8.36. The average Bonchev–Trinajstić information content (AvgIpc) is 3.03. The largest absolute Gasteiger partial charge is 0.443 e. The molecular weight excluding hydrogens is 429 g/mol. The van der Waals surface area contributed by atoms with E-state index in [1.165, 1.54) is 0 Å². The van der Waals surface area contributed by atoms with Crippen molar-refractivity contribution < 1.29 is 4.42 Å². The van der Waals surface area contributed by atoms with Crippen molar-refractivity contribution in [2.45, 2.75) is 46.1 Å². The van der Waals surface area contributed by atoms with Crippen LogP contribution in [0.5, 0.6) is 0 Å². The monoisotopic (exact) mass is 457 g/mol. The number of aliphatic imine (C=N–C) groups is 1. The molecule has 0 fully saturated rings. The van der Waals surface area contributed by atoms with Gasteiger partial charge in [0, 0.05) is 36.8 Å². The van der Waals surface area contributed by atoms with Gasteiger partial charge in [-0.05, 0) is 19.1 Å². The summed E-state index contributed by atoms with van der Waals surface area (Å²) < 4.78 is 5.77. The summed E-state index contributed by atoms with van der Waals surface area (Å²) in [6.07, 6.45) is 4.44. The van der Waals surface area contributed by atoms with Crippen LogP contribution in [0.4, 0.5) is 0 Å². The van der Waals surface area contributed by atoms with Crippen LogP contribution in [0, 0.1) is 0 Å². The summed E-state index contributed by atoms with van der Waals surface area (Å²) in [5.74, 6) is 2.26. The number of nitrogens with zero attached hydrogens (tertiary/aromatic N) is 3. The van der Waals surface area contributed by atoms with Gasteiger partial charge >= 0.3 is 0 Å². The highest BCUT2D eigenvalue weighted by Gasteiger charge is 2.18. The highest BCUT2D eigenvalue weighted by Crippen LogP contribution is 2.22. The number of pyridine rings is 1. The minimum Gasteiger partial charge on any atom is -0.443 e. The molecule has 138 valence electrons. The third-order valence-electron chi connectivity index (χ3n) is 3.41. The molecule has 0 bridgehead atoms. The Morgan fingerprint density at radius 3 is 2.60 bits per heavy atom. The molecule has 2 heterocycles. The van der Waals surface area contributed by atoms with E-state index >= 15 is 0 Å². The number of aromatic nitrogens is 2. The van der Waals surface area contributed by atoms with Crippen LogP contribution in [-0.2, 0) is 18.4 Å². The van der Waals surface area contributed by atoms with E-state index in [4.69, 9.17) is 4.42 Å². The van der Waals surface area contributed by atoms with Crippen LogP contribution >= 0.6 is 24.0 Å². The van der Waals surface area contributed by atoms with Crippen LogP contribution in [0.2, 0.25) is 0 Å². The Bertz CT molecular complexity index is 649. The first-order valence-corrected chi connectivity index (χ1v) is 8.36. The predicted molar refractivity (Wildman–Crippen MR) is 111 cm³/mol. The van der Waals surface area contributed by atoms with Gasteiger partial charge in [0.15, 0.2) is 5.96 Å². The molecule has 0 radical (unpaired) electrons. The second kappa shape index (κ2) is 10.4. The Labute approximate surface area is 167 Å². The topological polar surface area (TPSA) is 75.3 Å². The van der Waals surface area contributed by atoms with Crippen LogP contribution < -0.4 is 10.6 Å². The van der Waals surface area contributed by atoms with Crippen molar-refractivity contribution in [1.29, 1.82) is 0 Å². The molecule has 0 saturated carbocycles. The summed E-state index contributed by atoms with van der Waals surface area (Å²) in [7, 11) is 0. The second-order valence-corrected chi connectivity index (χ2v) is 6.56. The smallest absolute Gasteiger partial charge is 0.216 e. The van der Waals surface area contributed by atoms with Gasteiger partial charge in [-0.25, -0.2) is 9.98 Å². The fourth-order valence-electron chi connectivity index (χ4n) is 2.07. The molecule has 2 rings (SSSR count). The van der Waals surface area contributed by atoms with Crippen molar-refractivity contribution >= 4 is 29.9 Å². The lowest BCUT2D eigenvalue weighted by atomic mass is 9.94. The van der Waals surface area contributed by atoms with Crippen LogP contribution in [0.25, 0.3) is 0 Å². The van der Waals surface area contributed by atoms with Gasteiger partial charge in [-0.3, -0.25) is 4.98 Å². The van der Waals surface area contributed by atoms with Gasteiger partial charge in [0.05, 0.1) is 6.20 Å². The Balaban J connectivity index is 0.00000312. The van der Waals surface area contributed by atoms with Crippen LogP contribution in [-0.4, -0.2) is 29.0 Å². The van der Waals surface area contributed by atoms with E-state index in [2.05, 4.69) is 46.4 Å². The second-order valence-electron chi connectivity index (χ2n) is 6.56. The molecule has 0 aliphatic heterocycles. The zero-order valence-electron chi connectivity index (χ0n) is 15.4. The molecule has 0 saturated heterocycles. The van der Waals surface area contributed by atoms with Gasteiger partial charge in [-0.2, -0.15) is 0 Å². The SMILES string of the molecule is CCNC(=NCc1ncc(C(C)(C)C)o1)NCCc1ccccn1.I. The maximum Gasteiger partial charge on any atom is 0.216 e. The normalized spacial score (nSPS) is 11.8. The van der Waals surface area contributed by atoms with Crippen molar-refractivity contribution in [3.8, 4) is 0 Å². The molecule has 0 aliphatic rings. The summed E-state index contributed by atoms with van der Waals surface area (Å²) >= 11 is 0. The van der Waals surface area contributed by atoms with Gasteiger partial charge in [0.2, 0.25) is 5.89 Å². The summed E-state index contributed by atoms with van der Waals surface area (Å²) in [5, 5.41) is 6.53. The Hall–Kier alpha value is -1.64. The number of hydrogen-bond acceptors (Lipinski definition) is 4. The molecule has 0 spiro atoms. The number of halogens is 1. The number of hydrogen-bond donors (Lipinski definition) is 2. The molecule has 0 aliphatic carbocycles. The lowest BCUT2D eigenvalue weighted by Crippen LogP contribution is -2.38. The molecule has 2 aromatic heterocycles. The lowest BCUT2D eigenvalue weighted by molar-refractivity contribution is 0.383. The van der Waals surface area contributed by atoms with E-state index in [0.717, 1.165) is 36.9 Å². The summed E-state index contributed by atoms with van der Waals surface area (Å²) in [6.45, 7) is 10.3. The molecule has 0 unspecified atom stereocenters. The molecule has 0 amide bonds. The van der Waals surface area contributed by atoms with Crippen molar-refractivity contribution in [1.82, 2.24) is 20.6 Å². The quantitative estimate of drug-likeness (QED) is 0.396. The third kappa shape index (κ3) is 7.41. The first kappa shape index (κ1) is 21.4. The van der Waals surface area contributed by atoms with Gasteiger partial charge in [-0.15, -0.1) is 24.0 Å². The highest BCUT2D eigenvalue weighted by molar-refractivity contribution is 14.0. The molecule has 7 heteroatoms. The fourth-order valence-corrected chi connectivity index (χ4v) is 2.07. The van der Waals surface area contributed by atoms with Crippen molar-refractivity contribution in [3.63, 3.8) is 0 Å². The number of nitrogens with one attached hydrogen (secondary N) is 2. The van der Waals surface area contributed by atoms with Gasteiger partial charge in [0.1, 0.15) is 12.3 Å². The number of rotatable bonds is 6. The summed E-state index contributed by atoms with van der Waals surface area (Å²) in [6, 6.07) is 5.94. The van der Waals surface area contributed by atoms with Crippen LogP contribution in [0.15, 0.2) is 40.0 Å². The molecule has 2 N–H and O–H groups in total. The van der Waals surface area contributed by atoms with Gasteiger partial charge in [-0.1, -0.05) is 26.8 Å². The Morgan fingerprint density at radius 1 is 1.20 bits per heavy atom. The zero-order valence-corrected chi connectivity index (χ0v) is 17.7. The van der Waals surface area contributed by atoms with E-state index in [1.807, 2.05) is 31.3 Å². The van der Waals surface area contributed by atoms with E-state index in [-0.39, 0.29) is 29.4 Å².